The molecule has 3 heterocycles. The van der Waals surface area contributed by atoms with Crippen LogP contribution in [0.3, 0.4) is 0 Å². The molecule has 1 atom stereocenters. The molecule has 3 rings (SSSR count). The van der Waals surface area contributed by atoms with Crippen LogP contribution in [-0.4, -0.2) is 65.4 Å². The van der Waals surface area contributed by atoms with Crippen molar-refractivity contribution in [2.45, 2.75) is 53.4 Å². The monoisotopic (exact) mass is 464 g/mol. The Morgan fingerprint density at radius 1 is 1.31 bits per heavy atom. The van der Waals surface area contributed by atoms with Gasteiger partial charge in [-0.1, -0.05) is 6.92 Å². The third-order valence-electron chi connectivity index (χ3n) is 5.57. The Balaban J connectivity index is 1.76. The standard InChI is InChI=1S/C22H32N4O5S/c1-5-30-17(31-6-2)10-23-20(28)19-15(4)18-21(32-19)24-13-26(22(18)29)12-16(27)25-9-7-8-14(3)11-25/h13-14,17H,5-12H2,1-4H3,(H,23,28)/t14-/m1/s1. The molecule has 1 saturated heterocycles. The second-order valence-electron chi connectivity index (χ2n) is 8.05. The topological polar surface area (TPSA) is 103 Å². The Morgan fingerprint density at radius 2 is 2.03 bits per heavy atom. The number of hydrogen-bond acceptors (Lipinski definition) is 7. The van der Waals surface area contributed by atoms with Crippen LogP contribution < -0.4 is 10.9 Å². The van der Waals surface area contributed by atoms with E-state index >= 15 is 0 Å². The molecule has 0 radical (unpaired) electrons. The van der Waals surface area contributed by atoms with Crippen molar-refractivity contribution in [3.63, 3.8) is 0 Å². The van der Waals surface area contributed by atoms with Crippen molar-refractivity contribution in [1.82, 2.24) is 19.8 Å². The molecule has 1 N–H and O–H groups in total. The zero-order valence-electron chi connectivity index (χ0n) is 19.2. The highest BCUT2D eigenvalue weighted by molar-refractivity contribution is 7.20. The summed E-state index contributed by atoms with van der Waals surface area (Å²) in [5.74, 6) is 0.0815. The number of hydrogen-bond donors (Lipinski definition) is 1. The zero-order chi connectivity index (χ0) is 23.3. The number of amides is 2. The molecule has 0 unspecified atom stereocenters. The number of aromatic nitrogens is 2. The highest BCUT2D eigenvalue weighted by atomic mass is 32.1. The van der Waals surface area contributed by atoms with Gasteiger partial charge in [-0.05, 0) is 45.1 Å². The lowest BCUT2D eigenvalue weighted by Gasteiger charge is -2.31. The summed E-state index contributed by atoms with van der Waals surface area (Å²) in [6, 6.07) is 0. The second kappa shape index (κ2) is 11.0. The van der Waals surface area contributed by atoms with E-state index in [2.05, 4.69) is 17.2 Å². The second-order valence-corrected chi connectivity index (χ2v) is 9.05. The molecule has 1 aliphatic heterocycles. The van der Waals surface area contributed by atoms with E-state index in [4.69, 9.17) is 9.47 Å². The maximum absolute atomic E-state index is 13.1. The third-order valence-corrected chi connectivity index (χ3v) is 6.77. The van der Waals surface area contributed by atoms with Crippen molar-refractivity contribution in [2.24, 2.45) is 5.92 Å². The normalized spacial score (nSPS) is 16.7. The van der Waals surface area contributed by atoms with Crippen LogP contribution in [0.25, 0.3) is 10.2 Å². The third kappa shape index (κ3) is 5.54. The van der Waals surface area contributed by atoms with Crippen LogP contribution in [0, 0.1) is 12.8 Å². The molecule has 1 fully saturated rings. The maximum Gasteiger partial charge on any atom is 0.262 e. The molecule has 10 heteroatoms. The molecule has 32 heavy (non-hydrogen) atoms. The van der Waals surface area contributed by atoms with Crippen molar-refractivity contribution in [3.8, 4) is 0 Å². The van der Waals surface area contributed by atoms with Crippen LogP contribution in [-0.2, 0) is 20.8 Å². The summed E-state index contributed by atoms with van der Waals surface area (Å²) in [5.41, 5.74) is 0.264. The minimum absolute atomic E-state index is 0.0459. The van der Waals surface area contributed by atoms with Gasteiger partial charge in [0.1, 0.15) is 11.4 Å². The van der Waals surface area contributed by atoms with E-state index in [9.17, 15) is 14.4 Å². The summed E-state index contributed by atoms with van der Waals surface area (Å²) in [4.78, 5) is 45.6. The van der Waals surface area contributed by atoms with Crippen molar-refractivity contribution < 1.29 is 19.1 Å². The summed E-state index contributed by atoms with van der Waals surface area (Å²) < 4.78 is 12.2. The van der Waals surface area contributed by atoms with Crippen molar-refractivity contribution in [1.29, 1.82) is 0 Å². The Bertz CT molecular complexity index is 1010. The van der Waals surface area contributed by atoms with Gasteiger partial charge < -0.3 is 19.7 Å². The Morgan fingerprint density at radius 3 is 2.69 bits per heavy atom. The zero-order valence-corrected chi connectivity index (χ0v) is 20.0. The summed E-state index contributed by atoms with van der Waals surface area (Å²) in [6.45, 7) is 10.1. The number of aryl methyl sites for hydroxylation is 1. The number of fused-ring (bicyclic) bond motifs is 1. The summed E-state index contributed by atoms with van der Waals surface area (Å²) in [7, 11) is 0. The van der Waals surface area contributed by atoms with E-state index in [0.29, 0.717) is 39.8 Å². The van der Waals surface area contributed by atoms with Crippen LogP contribution in [0.2, 0.25) is 0 Å². The quantitative estimate of drug-likeness (QED) is 0.571. The molecule has 176 valence electrons. The van der Waals surface area contributed by atoms with Gasteiger partial charge in [0.05, 0.1) is 23.1 Å². The van der Waals surface area contributed by atoms with Gasteiger partial charge in [0.2, 0.25) is 5.91 Å². The first kappa shape index (κ1) is 24.3. The minimum Gasteiger partial charge on any atom is -0.351 e. The largest absolute Gasteiger partial charge is 0.351 e. The number of rotatable bonds is 9. The predicted molar refractivity (Wildman–Crippen MR) is 123 cm³/mol. The molecule has 0 aromatic carbocycles. The summed E-state index contributed by atoms with van der Waals surface area (Å²) in [6.07, 6.45) is 2.97. The van der Waals surface area contributed by atoms with Gasteiger partial charge in [0.15, 0.2) is 6.29 Å². The first-order valence-electron chi connectivity index (χ1n) is 11.1. The van der Waals surface area contributed by atoms with E-state index in [1.165, 1.54) is 22.2 Å². The van der Waals surface area contributed by atoms with Crippen LogP contribution in [0.1, 0.15) is 48.8 Å². The number of piperidine rings is 1. The summed E-state index contributed by atoms with van der Waals surface area (Å²) >= 11 is 1.17. The minimum atomic E-state index is -0.525. The number of carbonyl (C=O) groups excluding carboxylic acids is 2. The van der Waals surface area contributed by atoms with Crippen molar-refractivity contribution >= 4 is 33.4 Å². The number of nitrogens with zero attached hydrogens (tertiary/aromatic N) is 3. The van der Waals surface area contributed by atoms with Crippen LogP contribution in [0.5, 0.6) is 0 Å². The number of likely N-dealkylation sites (tertiary alicyclic amines) is 1. The molecule has 1 aliphatic rings. The van der Waals surface area contributed by atoms with Gasteiger partial charge in [-0.2, -0.15) is 0 Å². The fourth-order valence-corrected chi connectivity index (χ4v) is 5.00. The SMILES string of the molecule is CCOC(CNC(=O)c1sc2ncn(CC(=O)N3CCC[C@@H](C)C3)c(=O)c2c1C)OCC. The van der Waals surface area contributed by atoms with Crippen LogP contribution >= 0.6 is 11.3 Å². The number of carbonyl (C=O) groups is 2. The van der Waals surface area contributed by atoms with Crippen molar-refractivity contribution in [2.75, 3.05) is 32.8 Å². The molecule has 2 aromatic rings. The van der Waals surface area contributed by atoms with Gasteiger partial charge in [-0.25, -0.2) is 4.98 Å². The van der Waals surface area contributed by atoms with Crippen LogP contribution in [0.4, 0.5) is 0 Å². The van der Waals surface area contributed by atoms with E-state index in [1.54, 1.807) is 6.92 Å². The molecular weight excluding hydrogens is 432 g/mol. The van der Waals surface area contributed by atoms with Crippen molar-refractivity contribution in [3.05, 3.63) is 27.1 Å². The summed E-state index contributed by atoms with van der Waals surface area (Å²) in [5, 5.41) is 3.19. The smallest absolute Gasteiger partial charge is 0.262 e. The predicted octanol–water partition coefficient (Wildman–Crippen LogP) is 2.15. The van der Waals surface area contributed by atoms with Gasteiger partial charge >= 0.3 is 0 Å². The molecule has 0 bridgehead atoms. The fraction of sp³-hybridized carbons (Fsp3) is 0.636. The van der Waals surface area contributed by atoms with E-state index in [-0.39, 0.29) is 30.5 Å². The van der Waals surface area contributed by atoms with E-state index < -0.39 is 6.29 Å². The van der Waals surface area contributed by atoms with Gasteiger partial charge in [0, 0.05) is 26.3 Å². The van der Waals surface area contributed by atoms with Gasteiger partial charge in [0.25, 0.3) is 11.5 Å². The molecule has 0 aliphatic carbocycles. The van der Waals surface area contributed by atoms with Gasteiger partial charge in [-0.15, -0.1) is 11.3 Å². The highest BCUT2D eigenvalue weighted by Crippen LogP contribution is 2.26. The average molecular weight is 465 g/mol. The van der Waals surface area contributed by atoms with E-state index in [1.807, 2.05) is 18.7 Å². The lowest BCUT2D eigenvalue weighted by atomic mass is 10.0. The molecule has 2 aromatic heterocycles. The first-order chi connectivity index (χ1) is 15.3. The molecular formula is C22H32N4O5S. The molecule has 0 saturated carbocycles. The Labute approximate surface area is 191 Å². The lowest BCUT2D eigenvalue weighted by Crippen LogP contribution is -2.42. The number of ether oxygens (including phenoxy) is 2. The van der Waals surface area contributed by atoms with Gasteiger partial charge in [-0.3, -0.25) is 19.0 Å². The maximum atomic E-state index is 13.1. The van der Waals surface area contributed by atoms with E-state index in [0.717, 1.165) is 25.9 Å². The van der Waals surface area contributed by atoms with Crippen LogP contribution in [0.15, 0.2) is 11.1 Å². The number of nitrogens with one attached hydrogen (secondary N) is 1. The highest BCUT2D eigenvalue weighted by Gasteiger charge is 2.24. The average Bonchev–Trinajstić information content (AvgIpc) is 3.11. The molecule has 2 amide bonds. The fourth-order valence-electron chi connectivity index (χ4n) is 3.94. The molecule has 9 nitrogen and oxygen atoms in total. The lowest BCUT2D eigenvalue weighted by molar-refractivity contribution is -0.133. The Kier molecular flexibility index (Phi) is 8.38. The first-order valence-corrected chi connectivity index (χ1v) is 11.9. The number of thiophene rings is 1. The Hall–Kier alpha value is -2.30. The molecule has 0 spiro atoms.